The van der Waals surface area contributed by atoms with E-state index < -0.39 is 7.12 Å². The van der Waals surface area contributed by atoms with E-state index in [-0.39, 0.29) is 18.3 Å². The van der Waals surface area contributed by atoms with Gasteiger partial charge in [-0.2, -0.15) is 0 Å². The van der Waals surface area contributed by atoms with Crippen LogP contribution >= 0.6 is 83.7 Å². The van der Waals surface area contributed by atoms with Gasteiger partial charge in [0.2, 0.25) is 0 Å². The van der Waals surface area contributed by atoms with Gasteiger partial charge in [0.25, 0.3) is 0 Å². The first-order valence-corrected chi connectivity index (χ1v) is 37.6. The number of hydrogen-bond donors (Lipinski definition) is 4. The monoisotopic (exact) mass is 1860 g/mol. The lowest BCUT2D eigenvalue weighted by molar-refractivity contribution is -0.122. The molecule has 0 fully saturated rings. The van der Waals surface area contributed by atoms with Crippen LogP contribution in [-0.2, 0) is 18.9 Å². The van der Waals surface area contributed by atoms with Gasteiger partial charge >= 0.3 is 7.12 Å². The predicted octanol–water partition coefficient (Wildman–Crippen LogP) is 20.6. The second-order valence-corrected chi connectivity index (χ2v) is 27.9. The van der Waals surface area contributed by atoms with Crippen LogP contribution in [0.1, 0.15) is 43.0 Å². The van der Waals surface area contributed by atoms with Crippen LogP contribution in [0.15, 0.2) is 249 Å². The number of carbonyl (C=O) groups is 2. The van der Waals surface area contributed by atoms with E-state index in [1.54, 1.807) is 123 Å². The molecule has 18 nitrogen and oxygen atoms in total. The summed E-state index contributed by atoms with van der Waals surface area (Å²) in [5.41, 5.74) is 15.4. The van der Waals surface area contributed by atoms with E-state index in [0.29, 0.717) is 45.9 Å². The van der Waals surface area contributed by atoms with Crippen LogP contribution in [0.5, 0.6) is 34.5 Å². The molecule has 0 aliphatic carbocycles. The van der Waals surface area contributed by atoms with Crippen LogP contribution in [0.3, 0.4) is 0 Å². The Labute approximate surface area is 677 Å². The SMILES string of the molecule is COC(CBr)OC.COC(COc1ccc(I)cc1C)OC.COc1ccc(-c2cc(C)c3occc3c2)cc1.COc1ccc(-c2cc(C=O)c3occc3c2)cc1.COc1ccc(B(O)O)cc1.Cc1cc(I)cc2ccoc12.Cc1cc(I)ccc1O.O=Cc1cc(-c2ccc(O)cc2)cc2ccoc12. The molecule has 0 amide bonds. The lowest BCUT2D eigenvalue weighted by Gasteiger charge is -2.15. The Kier molecular flexibility index (Phi) is 35.5. The van der Waals surface area contributed by atoms with Crippen molar-refractivity contribution in [2.45, 2.75) is 40.3 Å². The zero-order chi connectivity index (χ0) is 78.2. The molecule has 562 valence electrons. The van der Waals surface area contributed by atoms with Gasteiger partial charge < -0.3 is 75.8 Å². The highest BCUT2D eigenvalue weighted by atomic mass is 127. The van der Waals surface area contributed by atoms with Gasteiger partial charge in [-0.1, -0.05) is 64.5 Å². The van der Waals surface area contributed by atoms with Crippen molar-refractivity contribution in [1.29, 1.82) is 0 Å². The molecule has 4 heterocycles. The number of phenolic OH excluding ortho intramolecular Hbond substituents is 2. The third kappa shape index (κ3) is 25.8. The maximum absolute atomic E-state index is 11.1. The number of halogens is 4. The lowest BCUT2D eigenvalue weighted by Crippen LogP contribution is -2.29. The fourth-order valence-electron chi connectivity index (χ4n) is 10.4. The molecule has 0 bridgehead atoms. The third-order valence-electron chi connectivity index (χ3n) is 16.2. The number of ether oxygens (including phenoxy) is 8. The smallest absolute Gasteiger partial charge is 0.488 e. The van der Waals surface area contributed by atoms with Crippen molar-refractivity contribution in [2.24, 2.45) is 0 Å². The number of hydrogen-bond acceptors (Lipinski definition) is 18. The minimum Gasteiger partial charge on any atom is -0.508 e. The molecule has 0 atom stereocenters. The number of aldehydes is 2. The molecular weight excluding hydrogens is 1780 g/mol. The molecule has 0 radical (unpaired) electrons. The summed E-state index contributed by atoms with van der Waals surface area (Å²) in [4.78, 5) is 22.2. The number of alkyl halides is 1. The Bertz CT molecular complexity index is 5060. The number of fused-ring (bicyclic) bond motifs is 4. The molecule has 4 aromatic heterocycles. The van der Waals surface area contributed by atoms with Crippen molar-refractivity contribution in [2.75, 3.05) is 61.7 Å². The maximum Gasteiger partial charge on any atom is 0.488 e. The molecule has 0 saturated carbocycles. The highest BCUT2D eigenvalue weighted by molar-refractivity contribution is 14.1. The summed E-state index contributed by atoms with van der Waals surface area (Å²) in [7, 11) is 9.88. The number of aromatic hydroxyl groups is 2. The Morgan fingerprint density at radius 3 is 1.15 bits per heavy atom. The number of benzene rings is 10. The number of rotatable bonds is 17. The lowest BCUT2D eigenvalue weighted by atomic mass is 9.80. The molecule has 0 spiro atoms. The summed E-state index contributed by atoms with van der Waals surface area (Å²) in [6, 6.07) is 64.6. The summed E-state index contributed by atoms with van der Waals surface area (Å²) >= 11 is 9.98. The average molecular weight is 1860 g/mol. The van der Waals surface area contributed by atoms with Crippen molar-refractivity contribution < 1.29 is 85.4 Å². The first kappa shape index (κ1) is 86.2. The summed E-state index contributed by atoms with van der Waals surface area (Å²) in [5, 5.41) is 40.6. The zero-order valence-corrected chi connectivity index (χ0v) is 69.3. The van der Waals surface area contributed by atoms with Gasteiger partial charge in [-0.3, -0.25) is 9.59 Å². The molecule has 0 saturated heterocycles. The van der Waals surface area contributed by atoms with Gasteiger partial charge in [-0.05, 0) is 314 Å². The van der Waals surface area contributed by atoms with Gasteiger partial charge in [-0.15, -0.1) is 0 Å². The molecule has 14 aromatic rings. The number of carbonyl (C=O) groups excluding carboxylic acids is 2. The standard InChI is InChI=1S/C16H12O3.C16H14O2.C15H10O3.C11H15IO3.C9H7IO.C7H9BO3.C7H7IO.C4H9BrO2/c1-18-15-4-2-11(3-5-15)13-8-12-6-7-19-16(12)14(9-13)10-17;1-11-9-14(10-13-7-8-18-16(11)13)12-3-5-15(17-2)6-4-12;16-9-13-8-12(7-11-5-6-18-15(11)13)10-1-3-14(17)4-2-10;1-8-6-9(12)4-5-10(8)15-7-11(13-2)14-3;1-6-4-8(10)5-7-2-3-11-9(6)7;1-11-7-4-2-6(3-5-7)8(9)10;1-5-4-6(8)2-3-7(5)9;1-6-4(3-5)7-2/h2-10H,1H3;3-10H,1-2H3;1-9,17H;4-6,11H,7H2,1-3H3;2-5H,1H3;2-5,9-10H,1H3;2-4,9H,1H3;4H,3H2,1-2H3. The van der Waals surface area contributed by atoms with Crippen LogP contribution in [0.4, 0.5) is 0 Å². The van der Waals surface area contributed by atoms with Crippen molar-refractivity contribution in [3.63, 3.8) is 0 Å². The number of phenols is 2. The maximum atomic E-state index is 11.1. The molecule has 0 aliphatic rings. The minimum atomic E-state index is -1.40. The Hall–Kier alpha value is -9.01. The van der Waals surface area contributed by atoms with Crippen molar-refractivity contribution in [1.82, 2.24) is 0 Å². The third-order valence-corrected chi connectivity index (χ3v) is 18.7. The van der Waals surface area contributed by atoms with E-state index in [1.807, 2.05) is 129 Å². The van der Waals surface area contributed by atoms with Gasteiger partial charge in [0.15, 0.2) is 25.2 Å². The number of methoxy groups -OCH3 is 7. The van der Waals surface area contributed by atoms with Crippen molar-refractivity contribution in [3.05, 3.63) is 275 Å². The molecule has 0 aliphatic heterocycles. The normalized spacial score (nSPS) is 10.4. The largest absolute Gasteiger partial charge is 0.508 e. The highest BCUT2D eigenvalue weighted by Crippen LogP contribution is 2.33. The molecule has 4 N–H and O–H groups in total. The molecule has 23 heteroatoms. The van der Waals surface area contributed by atoms with E-state index in [0.717, 1.165) is 105 Å². The van der Waals surface area contributed by atoms with Crippen LogP contribution in [0.25, 0.3) is 77.3 Å². The molecule has 14 rings (SSSR count). The van der Waals surface area contributed by atoms with E-state index in [2.05, 4.69) is 140 Å². The van der Waals surface area contributed by atoms with Gasteiger partial charge in [0, 0.05) is 60.7 Å². The topological polar surface area (TPSA) is 241 Å². The van der Waals surface area contributed by atoms with Crippen molar-refractivity contribution >= 4 is 153 Å². The predicted molar refractivity (Wildman–Crippen MR) is 456 cm³/mol. The Morgan fingerprint density at radius 2 is 0.769 bits per heavy atom. The first-order chi connectivity index (χ1) is 52.1. The second kappa shape index (κ2) is 44.5. The summed E-state index contributed by atoms with van der Waals surface area (Å²) in [5.74, 6) is 3.85. The van der Waals surface area contributed by atoms with E-state index >= 15 is 0 Å². The number of aryl methyl sites for hydroxylation is 4. The van der Waals surface area contributed by atoms with Crippen LogP contribution in [0.2, 0.25) is 0 Å². The fraction of sp³-hybridized carbons (Fsp3) is 0.176. The molecule has 108 heavy (non-hydrogen) atoms. The molecular formula is C85H83BBrI3O18. The van der Waals surface area contributed by atoms with E-state index in [1.165, 1.54) is 29.2 Å². The van der Waals surface area contributed by atoms with Crippen LogP contribution < -0.4 is 24.4 Å². The average Bonchev–Trinajstić information content (AvgIpc) is 1.79. The second-order valence-electron chi connectivity index (χ2n) is 23.5. The summed E-state index contributed by atoms with van der Waals surface area (Å²) < 4.78 is 65.4. The van der Waals surface area contributed by atoms with Gasteiger partial charge in [-0.25, -0.2) is 0 Å². The highest BCUT2D eigenvalue weighted by Gasteiger charge is 2.13. The Balaban J connectivity index is 0.000000175. The van der Waals surface area contributed by atoms with E-state index in [9.17, 15) is 14.7 Å². The first-order valence-electron chi connectivity index (χ1n) is 33.2. The van der Waals surface area contributed by atoms with Crippen LogP contribution in [-0.4, -0.2) is 114 Å². The minimum absolute atomic E-state index is 0.0972. The van der Waals surface area contributed by atoms with E-state index in [4.69, 9.17) is 70.7 Å². The summed E-state index contributed by atoms with van der Waals surface area (Å²) in [6.45, 7) is 8.44. The quantitative estimate of drug-likeness (QED) is 0.0218. The Morgan fingerprint density at radius 1 is 0.398 bits per heavy atom. The fourth-order valence-corrected chi connectivity index (χ4v) is 13.0. The van der Waals surface area contributed by atoms with Crippen molar-refractivity contribution in [3.8, 4) is 67.9 Å². The van der Waals surface area contributed by atoms with Gasteiger partial charge in [0.05, 0.1) is 62.8 Å². The van der Waals surface area contributed by atoms with Gasteiger partial charge in [0.1, 0.15) is 63.4 Å². The number of furan rings is 4. The molecule has 0 unspecified atom stereocenters. The van der Waals surface area contributed by atoms with Crippen LogP contribution in [0, 0.1) is 38.4 Å². The summed E-state index contributed by atoms with van der Waals surface area (Å²) in [6.07, 6.45) is 7.81. The zero-order valence-electron chi connectivity index (χ0n) is 61.3. The molecule has 10 aromatic carbocycles.